The third kappa shape index (κ3) is 4.17. The number of aryl methyl sites for hydroxylation is 1. The van der Waals surface area contributed by atoms with Gasteiger partial charge in [-0.25, -0.2) is 0 Å². The van der Waals surface area contributed by atoms with Crippen LogP contribution in [0.2, 0.25) is 5.02 Å². The lowest BCUT2D eigenvalue weighted by molar-refractivity contribution is 0.965. The Kier molecular flexibility index (Phi) is 4.68. The highest BCUT2D eigenvalue weighted by molar-refractivity contribution is 6.30. The van der Waals surface area contributed by atoms with Gasteiger partial charge in [0, 0.05) is 17.3 Å². The van der Waals surface area contributed by atoms with Crippen LogP contribution in [0.3, 0.4) is 0 Å². The molecule has 0 aliphatic rings. The number of benzene rings is 2. The number of hydrogen-bond donors (Lipinski definition) is 2. The lowest BCUT2D eigenvalue weighted by atomic mass is 10.2. The Labute approximate surface area is 139 Å². The largest absolute Gasteiger partial charge is 0.365 e. The van der Waals surface area contributed by atoms with Crippen molar-refractivity contribution < 1.29 is 0 Å². The number of halogens is 1. The van der Waals surface area contributed by atoms with E-state index in [0.29, 0.717) is 23.3 Å². The monoisotopic (exact) mass is 325 g/mol. The number of anilines is 3. The molecule has 0 amide bonds. The molecule has 2 aromatic carbocycles. The Morgan fingerprint density at radius 1 is 1.09 bits per heavy atom. The molecule has 23 heavy (non-hydrogen) atoms. The van der Waals surface area contributed by atoms with Crippen molar-refractivity contribution in [1.82, 2.24) is 15.2 Å². The van der Waals surface area contributed by atoms with E-state index >= 15 is 0 Å². The molecule has 0 unspecified atom stereocenters. The zero-order valence-corrected chi connectivity index (χ0v) is 13.4. The normalized spacial score (nSPS) is 10.3. The molecule has 0 aliphatic heterocycles. The van der Waals surface area contributed by atoms with Gasteiger partial charge in [-0.3, -0.25) is 0 Å². The van der Waals surface area contributed by atoms with Gasteiger partial charge in [0.05, 0.1) is 6.20 Å². The molecule has 0 saturated heterocycles. The number of rotatable bonds is 5. The van der Waals surface area contributed by atoms with E-state index in [-0.39, 0.29) is 0 Å². The van der Waals surface area contributed by atoms with Crippen LogP contribution in [0.25, 0.3) is 0 Å². The number of nitrogens with one attached hydrogen (secondary N) is 2. The first-order valence-electron chi connectivity index (χ1n) is 7.21. The fourth-order valence-electron chi connectivity index (χ4n) is 2.08. The highest BCUT2D eigenvalue weighted by Crippen LogP contribution is 2.22. The molecular formula is C17H16ClN5. The van der Waals surface area contributed by atoms with Crippen molar-refractivity contribution in [2.24, 2.45) is 0 Å². The molecule has 0 aliphatic carbocycles. The van der Waals surface area contributed by atoms with E-state index in [1.165, 1.54) is 5.56 Å². The van der Waals surface area contributed by atoms with Crippen molar-refractivity contribution in [1.29, 1.82) is 0 Å². The second kappa shape index (κ2) is 7.07. The van der Waals surface area contributed by atoms with Crippen LogP contribution in [0.15, 0.2) is 54.7 Å². The van der Waals surface area contributed by atoms with Crippen molar-refractivity contribution in [3.8, 4) is 0 Å². The van der Waals surface area contributed by atoms with Gasteiger partial charge in [-0.15, -0.1) is 5.10 Å². The smallest absolute Gasteiger partial charge is 0.249 e. The van der Waals surface area contributed by atoms with Crippen LogP contribution in [0, 0.1) is 6.92 Å². The van der Waals surface area contributed by atoms with E-state index in [4.69, 9.17) is 11.6 Å². The van der Waals surface area contributed by atoms with E-state index in [1.54, 1.807) is 6.20 Å². The average molecular weight is 326 g/mol. The highest BCUT2D eigenvalue weighted by Gasteiger charge is 2.04. The topological polar surface area (TPSA) is 62.7 Å². The first-order chi connectivity index (χ1) is 11.2. The van der Waals surface area contributed by atoms with E-state index in [2.05, 4.69) is 37.9 Å². The Morgan fingerprint density at radius 2 is 1.91 bits per heavy atom. The second-order valence-electron chi connectivity index (χ2n) is 5.09. The van der Waals surface area contributed by atoms with Crippen LogP contribution in [0.5, 0.6) is 0 Å². The minimum Gasteiger partial charge on any atom is -0.365 e. The van der Waals surface area contributed by atoms with Crippen LogP contribution in [0.4, 0.5) is 17.5 Å². The van der Waals surface area contributed by atoms with Gasteiger partial charge in [0.15, 0.2) is 5.82 Å². The third-order valence-corrected chi connectivity index (χ3v) is 3.56. The summed E-state index contributed by atoms with van der Waals surface area (Å²) in [5.74, 6) is 1.08. The van der Waals surface area contributed by atoms with Crippen molar-refractivity contribution in [2.75, 3.05) is 10.6 Å². The van der Waals surface area contributed by atoms with Crippen LogP contribution in [-0.2, 0) is 6.54 Å². The Bertz CT molecular complexity index is 792. The van der Waals surface area contributed by atoms with Gasteiger partial charge >= 0.3 is 0 Å². The molecule has 116 valence electrons. The van der Waals surface area contributed by atoms with E-state index in [1.807, 2.05) is 43.3 Å². The van der Waals surface area contributed by atoms with Gasteiger partial charge in [0.25, 0.3) is 0 Å². The van der Waals surface area contributed by atoms with Crippen LogP contribution >= 0.6 is 11.6 Å². The maximum atomic E-state index is 6.02. The predicted molar refractivity (Wildman–Crippen MR) is 93.1 cm³/mol. The molecule has 2 N–H and O–H groups in total. The third-order valence-electron chi connectivity index (χ3n) is 3.32. The zero-order chi connectivity index (χ0) is 16.1. The summed E-state index contributed by atoms with van der Waals surface area (Å²) in [4.78, 5) is 4.41. The van der Waals surface area contributed by atoms with Crippen molar-refractivity contribution in [3.05, 3.63) is 70.9 Å². The fraction of sp³-hybridized carbons (Fsp3) is 0.118. The molecule has 6 heteroatoms. The summed E-state index contributed by atoms with van der Waals surface area (Å²) in [5, 5.41) is 15.0. The molecule has 0 saturated carbocycles. The molecule has 1 aromatic heterocycles. The molecule has 0 spiro atoms. The van der Waals surface area contributed by atoms with Gasteiger partial charge in [-0.2, -0.15) is 10.1 Å². The molecule has 0 radical (unpaired) electrons. The van der Waals surface area contributed by atoms with E-state index in [0.717, 1.165) is 11.3 Å². The maximum Gasteiger partial charge on any atom is 0.249 e. The van der Waals surface area contributed by atoms with Crippen molar-refractivity contribution in [2.45, 2.75) is 13.5 Å². The minimum absolute atomic E-state index is 0.424. The van der Waals surface area contributed by atoms with E-state index < -0.39 is 0 Å². The predicted octanol–water partition coefficient (Wildman–Crippen LogP) is 4.19. The summed E-state index contributed by atoms with van der Waals surface area (Å²) in [6.07, 6.45) is 1.60. The Hall–Kier alpha value is -2.66. The molecule has 0 bridgehead atoms. The summed E-state index contributed by atoms with van der Waals surface area (Å²) in [6, 6.07) is 15.7. The van der Waals surface area contributed by atoms with Gasteiger partial charge in [-0.05, 0) is 30.2 Å². The molecule has 1 heterocycles. The number of aromatic nitrogens is 3. The number of nitrogens with zero attached hydrogens (tertiary/aromatic N) is 3. The van der Waals surface area contributed by atoms with Crippen molar-refractivity contribution >= 4 is 29.1 Å². The summed E-state index contributed by atoms with van der Waals surface area (Å²) < 4.78 is 0. The van der Waals surface area contributed by atoms with Gasteiger partial charge < -0.3 is 10.6 Å². The summed E-state index contributed by atoms with van der Waals surface area (Å²) >= 11 is 6.02. The van der Waals surface area contributed by atoms with Crippen molar-refractivity contribution in [3.63, 3.8) is 0 Å². The van der Waals surface area contributed by atoms with E-state index in [9.17, 15) is 0 Å². The number of hydrogen-bond acceptors (Lipinski definition) is 5. The standard InChI is InChI=1S/C17H16ClN5/c1-12-7-8-14(18)9-15(12)21-17-22-16(11-20-23-17)19-10-13-5-3-2-4-6-13/h2-9,11H,10H2,1H3,(H2,19,21,22,23). The molecule has 3 rings (SSSR count). The van der Waals surface area contributed by atoms with Gasteiger partial charge in [0.2, 0.25) is 5.95 Å². The average Bonchev–Trinajstić information content (AvgIpc) is 2.58. The molecule has 0 atom stereocenters. The second-order valence-corrected chi connectivity index (χ2v) is 5.53. The molecule has 0 fully saturated rings. The van der Waals surface area contributed by atoms with Crippen LogP contribution < -0.4 is 10.6 Å². The zero-order valence-electron chi connectivity index (χ0n) is 12.6. The minimum atomic E-state index is 0.424. The summed E-state index contributed by atoms with van der Waals surface area (Å²) in [5.41, 5.74) is 3.09. The van der Waals surface area contributed by atoms with Gasteiger partial charge in [-0.1, -0.05) is 48.0 Å². The molecular weight excluding hydrogens is 310 g/mol. The Morgan fingerprint density at radius 3 is 2.74 bits per heavy atom. The summed E-state index contributed by atoms with van der Waals surface area (Å²) in [7, 11) is 0. The highest BCUT2D eigenvalue weighted by atomic mass is 35.5. The van der Waals surface area contributed by atoms with Crippen LogP contribution in [-0.4, -0.2) is 15.2 Å². The van der Waals surface area contributed by atoms with Gasteiger partial charge in [0.1, 0.15) is 0 Å². The quantitative estimate of drug-likeness (QED) is 0.736. The Balaban J connectivity index is 1.71. The lowest BCUT2D eigenvalue weighted by Crippen LogP contribution is -2.06. The van der Waals surface area contributed by atoms with Crippen LogP contribution in [0.1, 0.15) is 11.1 Å². The fourth-order valence-corrected chi connectivity index (χ4v) is 2.25. The maximum absolute atomic E-state index is 6.02. The first-order valence-corrected chi connectivity index (χ1v) is 7.59. The SMILES string of the molecule is Cc1ccc(Cl)cc1Nc1nncc(NCc2ccccc2)n1. The lowest BCUT2D eigenvalue weighted by Gasteiger charge is -2.10. The molecule has 5 nitrogen and oxygen atoms in total. The molecule has 3 aromatic rings. The summed E-state index contributed by atoms with van der Waals surface area (Å²) in [6.45, 7) is 2.67. The first kappa shape index (κ1) is 15.2.